The number of phenolic OH excluding ortho intramolecular Hbond substituents is 1. The van der Waals surface area contributed by atoms with E-state index in [0.717, 1.165) is 0 Å². The smallest absolute Gasteiger partial charge is 0.335 e. The van der Waals surface area contributed by atoms with E-state index in [1.165, 1.54) is 25.1 Å². The summed E-state index contributed by atoms with van der Waals surface area (Å²) >= 11 is 0. The Morgan fingerprint density at radius 3 is 2.22 bits per heavy atom. The molecular formula is C35H47N5O14. The van der Waals surface area contributed by atoms with Gasteiger partial charge in [0.05, 0.1) is 29.8 Å². The van der Waals surface area contributed by atoms with E-state index in [0.29, 0.717) is 11.3 Å². The van der Waals surface area contributed by atoms with Crippen LogP contribution < -0.4 is 21.3 Å². The van der Waals surface area contributed by atoms with Crippen LogP contribution in [0.4, 0.5) is 11.4 Å². The van der Waals surface area contributed by atoms with Crippen molar-refractivity contribution in [2.24, 2.45) is 23.5 Å². The second-order valence-electron chi connectivity index (χ2n) is 15.7. The molecule has 10 atom stereocenters. The molecule has 10 N–H and O–H groups in total. The Labute approximate surface area is 309 Å². The number of fused-ring (bicyclic) bond motifs is 3. The molecule has 0 radical (unpaired) electrons. The fraction of sp³-hybridized carbons (Fsp3) is 0.600. The SMILES string of the molecule is CN(C)c1cc(NC(=O)CNC(C)(C)C)c(O)c2c1C[C@H]1C[C@H]3[C@@H](N(C)C)C(O[C@@H]4O[C@H](C(=O)O)[C@@H](O)[C@H](O)[C@H]4O)=C(C(N)=O)C(=O)[C@@]3(O)C(=O)C1C2=O. The summed E-state index contributed by atoms with van der Waals surface area (Å²) in [5.74, 6) is -12.7. The number of carbonyl (C=O) groups excluding carboxylic acids is 5. The van der Waals surface area contributed by atoms with Crippen molar-refractivity contribution in [3.05, 3.63) is 28.5 Å². The Balaban J connectivity index is 1.59. The summed E-state index contributed by atoms with van der Waals surface area (Å²) in [5, 5.41) is 70.0. The highest BCUT2D eigenvalue weighted by Crippen LogP contribution is 2.53. The largest absolute Gasteiger partial charge is 0.505 e. The number of aromatic hydroxyl groups is 1. The minimum Gasteiger partial charge on any atom is -0.505 e. The van der Waals surface area contributed by atoms with Crippen molar-refractivity contribution in [3.63, 3.8) is 0 Å². The number of rotatable bonds is 9. The molecule has 1 saturated heterocycles. The minimum absolute atomic E-state index is 0.0172. The number of nitrogens with one attached hydrogen (secondary N) is 2. The monoisotopic (exact) mass is 761 g/mol. The zero-order chi connectivity index (χ0) is 40.5. The van der Waals surface area contributed by atoms with Gasteiger partial charge in [0.25, 0.3) is 5.91 Å². The van der Waals surface area contributed by atoms with Gasteiger partial charge in [0.2, 0.25) is 18.0 Å². The fourth-order valence-corrected chi connectivity index (χ4v) is 7.92. The number of anilines is 2. The van der Waals surface area contributed by atoms with Crippen LogP contribution in [0.15, 0.2) is 17.4 Å². The van der Waals surface area contributed by atoms with Crippen molar-refractivity contribution in [3.8, 4) is 5.75 Å². The topological polar surface area (TPSA) is 299 Å². The van der Waals surface area contributed by atoms with Gasteiger partial charge in [-0.1, -0.05) is 0 Å². The molecule has 19 nitrogen and oxygen atoms in total. The van der Waals surface area contributed by atoms with E-state index in [-0.39, 0.29) is 30.6 Å². The van der Waals surface area contributed by atoms with E-state index < -0.39 is 118 Å². The van der Waals surface area contributed by atoms with Crippen LogP contribution in [-0.2, 0) is 39.9 Å². The molecule has 5 rings (SSSR count). The first-order chi connectivity index (χ1) is 24.9. The normalized spacial score (nSPS) is 32.4. The summed E-state index contributed by atoms with van der Waals surface area (Å²) < 4.78 is 11.0. The van der Waals surface area contributed by atoms with Crippen LogP contribution in [0.1, 0.15) is 43.1 Å². The molecule has 19 heteroatoms. The molecule has 1 aromatic carbocycles. The lowest BCUT2D eigenvalue weighted by Gasteiger charge is -2.52. The van der Waals surface area contributed by atoms with Crippen LogP contribution in [-0.4, -0.2) is 153 Å². The maximum absolute atomic E-state index is 14.5. The summed E-state index contributed by atoms with van der Waals surface area (Å²) in [6.45, 7) is 5.43. The molecule has 2 amide bonds. The number of Topliss-reactive ketones (excluding diaryl/α,β-unsaturated/α-hetero) is 3. The first kappa shape index (κ1) is 40.7. The Kier molecular flexibility index (Phi) is 10.8. The predicted molar refractivity (Wildman–Crippen MR) is 186 cm³/mol. The van der Waals surface area contributed by atoms with Gasteiger partial charge in [-0.3, -0.25) is 28.9 Å². The highest BCUT2D eigenvalue weighted by atomic mass is 16.7. The lowest BCUT2D eigenvalue weighted by molar-refractivity contribution is -0.287. The van der Waals surface area contributed by atoms with Crippen molar-refractivity contribution in [2.75, 3.05) is 45.0 Å². The van der Waals surface area contributed by atoms with Gasteiger partial charge in [-0.05, 0) is 65.3 Å². The number of hydrogen-bond acceptors (Lipinski definition) is 16. The van der Waals surface area contributed by atoms with E-state index in [9.17, 15) is 59.4 Å². The molecule has 1 saturated carbocycles. The van der Waals surface area contributed by atoms with E-state index in [1.54, 1.807) is 19.0 Å². The number of nitrogens with two attached hydrogens (primary N) is 1. The highest BCUT2D eigenvalue weighted by molar-refractivity contribution is 6.32. The number of aliphatic hydroxyl groups excluding tert-OH is 3. The molecule has 3 aliphatic carbocycles. The minimum atomic E-state index is -3.05. The van der Waals surface area contributed by atoms with Gasteiger partial charge in [-0.15, -0.1) is 0 Å². The Morgan fingerprint density at radius 2 is 1.69 bits per heavy atom. The highest BCUT2D eigenvalue weighted by Gasteiger charge is 2.67. The van der Waals surface area contributed by atoms with Gasteiger partial charge >= 0.3 is 5.97 Å². The van der Waals surface area contributed by atoms with E-state index >= 15 is 0 Å². The summed E-state index contributed by atoms with van der Waals surface area (Å²) in [5.41, 5.74) is 1.51. The fourth-order valence-electron chi connectivity index (χ4n) is 7.92. The van der Waals surface area contributed by atoms with Gasteiger partial charge in [0, 0.05) is 31.2 Å². The van der Waals surface area contributed by atoms with Crippen LogP contribution >= 0.6 is 0 Å². The molecule has 4 aliphatic rings. The van der Waals surface area contributed by atoms with Crippen molar-refractivity contribution < 1.29 is 68.9 Å². The molecule has 1 unspecified atom stereocenters. The van der Waals surface area contributed by atoms with Gasteiger partial charge in [0.15, 0.2) is 23.3 Å². The zero-order valence-corrected chi connectivity index (χ0v) is 30.8. The average Bonchev–Trinajstić information content (AvgIpc) is 3.05. The summed E-state index contributed by atoms with van der Waals surface area (Å²) in [6.07, 6.45) is -10.7. The summed E-state index contributed by atoms with van der Waals surface area (Å²) in [7, 11) is 6.25. The molecule has 0 bridgehead atoms. The van der Waals surface area contributed by atoms with Crippen LogP contribution in [0.2, 0.25) is 0 Å². The number of amides is 2. The van der Waals surface area contributed by atoms with E-state index in [4.69, 9.17) is 15.2 Å². The van der Waals surface area contributed by atoms with Crippen LogP contribution in [0.25, 0.3) is 0 Å². The number of primary amides is 1. The van der Waals surface area contributed by atoms with E-state index in [2.05, 4.69) is 10.6 Å². The average molecular weight is 762 g/mol. The number of hydrogen-bond donors (Lipinski definition) is 9. The molecule has 1 aromatic rings. The number of ketones is 3. The number of phenols is 1. The number of carboxylic acid groups (broad SMARTS) is 1. The lowest BCUT2D eigenvalue weighted by atomic mass is 9.54. The Bertz CT molecular complexity index is 1820. The van der Waals surface area contributed by atoms with Gasteiger partial charge in [0.1, 0.15) is 35.4 Å². The third-order valence-electron chi connectivity index (χ3n) is 10.5. The maximum atomic E-state index is 14.5. The predicted octanol–water partition coefficient (Wildman–Crippen LogP) is -2.76. The van der Waals surface area contributed by atoms with Crippen molar-refractivity contribution in [1.29, 1.82) is 0 Å². The number of ether oxygens (including phenoxy) is 2. The van der Waals surface area contributed by atoms with Crippen molar-refractivity contribution in [2.45, 2.75) is 81.5 Å². The number of aliphatic carboxylic acids is 1. The second kappa shape index (κ2) is 14.3. The molecular weight excluding hydrogens is 714 g/mol. The van der Waals surface area contributed by atoms with Gasteiger partial charge < -0.3 is 61.4 Å². The number of nitrogens with zero attached hydrogens (tertiary/aromatic N) is 2. The second-order valence-corrected chi connectivity index (χ2v) is 15.7. The Morgan fingerprint density at radius 1 is 1.06 bits per heavy atom. The molecule has 0 aromatic heterocycles. The third-order valence-corrected chi connectivity index (χ3v) is 10.5. The first-order valence-electron chi connectivity index (χ1n) is 17.2. The van der Waals surface area contributed by atoms with Gasteiger partial charge in [-0.25, -0.2) is 4.79 Å². The molecule has 1 heterocycles. The first-order valence-corrected chi connectivity index (χ1v) is 17.2. The standard InChI is InChI=1S/C35H47N5O14/c1-34(2,3)37-11-17(41)38-15-10-16(39(4)5)13-8-12-9-14-21(40(6)7)27(53-33-26(46)24(44)25(45)28(54-33)32(50)51)20(31(36)49)30(48)35(14,52)29(47)18(12)23(43)19(13)22(15)42/h10,12,14,18,21,24-26,28,33,37,42,44-46,52H,8-9,11H2,1-7H3,(H2,36,49)(H,38,41)(H,50,51)/t12-,14-,18?,21+,24-,25-,26+,28-,33+,35-/m0/s1. The number of likely N-dealkylation sites (N-methyl/N-ethyl adjacent to an activating group) is 1. The van der Waals surface area contributed by atoms with Crippen LogP contribution in [0.3, 0.4) is 0 Å². The molecule has 1 aliphatic heterocycles. The van der Waals surface area contributed by atoms with Crippen molar-refractivity contribution in [1.82, 2.24) is 10.2 Å². The third kappa shape index (κ3) is 6.73. The maximum Gasteiger partial charge on any atom is 0.335 e. The summed E-state index contributed by atoms with van der Waals surface area (Å²) in [6, 6.07) is 0.115. The number of benzene rings is 1. The molecule has 2 fully saturated rings. The quantitative estimate of drug-likeness (QED) is 0.0699. The molecule has 0 spiro atoms. The van der Waals surface area contributed by atoms with Crippen molar-refractivity contribution >= 4 is 46.5 Å². The van der Waals surface area contributed by atoms with Gasteiger partial charge in [-0.2, -0.15) is 0 Å². The summed E-state index contributed by atoms with van der Waals surface area (Å²) in [4.78, 5) is 83.7. The number of carboxylic acids is 1. The van der Waals surface area contributed by atoms with E-state index in [1.807, 2.05) is 20.8 Å². The lowest BCUT2D eigenvalue weighted by Crippen LogP contribution is -2.70. The number of aliphatic hydroxyl groups is 4. The van der Waals surface area contributed by atoms with Crippen LogP contribution in [0.5, 0.6) is 5.75 Å². The molecule has 54 heavy (non-hydrogen) atoms. The zero-order valence-electron chi connectivity index (χ0n) is 30.8. The Hall–Kier alpha value is -4.50. The molecule has 296 valence electrons. The van der Waals surface area contributed by atoms with Crippen LogP contribution in [0, 0.1) is 17.8 Å². The number of carbonyl (C=O) groups is 6.